The molecule has 0 unspecified atom stereocenters. The summed E-state index contributed by atoms with van der Waals surface area (Å²) in [5.41, 5.74) is 2.88. The lowest BCUT2D eigenvalue weighted by atomic mass is 9.77. The molecule has 30 heavy (non-hydrogen) atoms. The molecule has 2 fully saturated rings. The molecule has 1 N–H and O–H groups in total. The molecular weight excluding hydrogens is 382 g/mol. The van der Waals surface area contributed by atoms with Crippen LogP contribution in [0.3, 0.4) is 0 Å². The minimum Gasteiger partial charge on any atom is -0.479 e. The van der Waals surface area contributed by atoms with Gasteiger partial charge in [0, 0.05) is 48.2 Å². The second-order valence-electron chi connectivity index (χ2n) is 8.14. The van der Waals surface area contributed by atoms with E-state index in [0.29, 0.717) is 23.6 Å². The van der Waals surface area contributed by atoms with Crippen molar-refractivity contribution < 1.29 is 9.47 Å². The van der Waals surface area contributed by atoms with Crippen molar-refractivity contribution in [2.24, 2.45) is 0 Å². The number of fused-ring (bicyclic) bond motifs is 2. The summed E-state index contributed by atoms with van der Waals surface area (Å²) in [6, 6.07) is 2.36. The monoisotopic (exact) mass is 405 g/mol. The van der Waals surface area contributed by atoms with Crippen LogP contribution in [0.1, 0.15) is 32.1 Å². The van der Waals surface area contributed by atoms with Crippen molar-refractivity contribution in [3.8, 4) is 17.0 Å². The molecule has 1 spiro atoms. The van der Waals surface area contributed by atoms with Gasteiger partial charge in [0.1, 0.15) is 5.52 Å². The highest BCUT2D eigenvalue weighted by Crippen LogP contribution is 2.41. The van der Waals surface area contributed by atoms with Gasteiger partial charge in [-0.1, -0.05) is 0 Å². The molecule has 4 aromatic rings. The quantitative estimate of drug-likeness (QED) is 0.558. The summed E-state index contributed by atoms with van der Waals surface area (Å²) in [7, 11) is 1.64. The number of methoxy groups -OCH3 is 1. The number of hydrogen-bond acceptors (Lipinski definition) is 7. The van der Waals surface area contributed by atoms with E-state index >= 15 is 0 Å². The van der Waals surface area contributed by atoms with Crippen LogP contribution in [0.15, 0.2) is 37.1 Å². The summed E-state index contributed by atoms with van der Waals surface area (Å²) < 4.78 is 15.2. The van der Waals surface area contributed by atoms with Gasteiger partial charge >= 0.3 is 0 Å². The Kier molecular flexibility index (Phi) is 3.92. The van der Waals surface area contributed by atoms with Gasteiger partial charge < -0.3 is 14.8 Å². The Morgan fingerprint density at radius 3 is 2.83 bits per heavy atom. The number of nitrogens with one attached hydrogen (secondary N) is 1. The van der Waals surface area contributed by atoms with E-state index in [2.05, 4.69) is 20.3 Å². The lowest BCUT2D eigenvalue weighted by Gasteiger charge is -2.46. The van der Waals surface area contributed by atoms with Crippen molar-refractivity contribution in [3.63, 3.8) is 0 Å². The maximum Gasteiger partial charge on any atom is 0.244 e. The van der Waals surface area contributed by atoms with E-state index in [4.69, 9.17) is 14.6 Å². The van der Waals surface area contributed by atoms with Gasteiger partial charge in [-0.05, 0) is 38.2 Å². The highest BCUT2D eigenvalue weighted by Gasteiger charge is 2.41. The number of aromatic nitrogens is 6. The fraction of sp³-hybridized carbons (Fsp3) is 0.429. The zero-order chi connectivity index (χ0) is 20.1. The van der Waals surface area contributed by atoms with Crippen molar-refractivity contribution in [1.29, 1.82) is 0 Å². The summed E-state index contributed by atoms with van der Waals surface area (Å²) in [5, 5.41) is 8.19. The highest BCUT2D eigenvalue weighted by atomic mass is 16.5. The Morgan fingerprint density at radius 1 is 1.20 bits per heavy atom. The fourth-order valence-electron chi connectivity index (χ4n) is 4.64. The molecule has 154 valence electrons. The first-order valence-electron chi connectivity index (χ1n) is 10.4. The van der Waals surface area contributed by atoms with E-state index in [-0.39, 0.29) is 5.60 Å². The highest BCUT2D eigenvalue weighted by molar-refractivity contribution is 5.84. The van der Waals surface area contributed by atoms with Gasteiger partial charge in [-0.25, -0.2) is 14.5 Å². The molecule has 6 rings (SSSR count). The molecule has 9 heteroatoms. The Hall–Kier alpha value is -3.20. The average Bonchev–Trinajstić information content (AvgIpc) is 3.39. The Bertz CT molecular complexity index is 1220. The van der Waals surface area contributed by atoms with E-state index < -0.39 is 0 Å². The predicted octanol–water partition coefficient (Wildman–Crippen LogP) is 2.96. The van der Waals surface area contributed by atoms with Crippen LogP contribution in [0.25, 0.3) is 22.4 Å². The number of imidazole rings is 1. The van der Waals surface area contributed by atoms with Gasteiger partial charge in [-0.15, -0.1) is 5.10 Å². The minimum atomic E-state index is 0.153. The molecule has 9 nitrogen and oxygen atoms in total. The Balaban J connectivity index is 1.31. The van der Waals surface area contributed by atoms with Gasteiger partial charge in [-0.2, -0.15) is 4.98 Å². The second-order valence-corrected chi connectivity index (χ2v) is 8.14. The van der Waals surface area contributed by atoms with Gasteiger partial charge in [0.05, 0.1) is 19.3 Å². The van der Waals surface area contributed by atoms with Crippen molar-refractivity contribution in [1.82, 2.24) is 29.0 Å². The largest absolute Gasteiger partial charge is 0.479 e. The van der Waals surface area contributed by atoms with Crippen LogP contribution in [-0.2, 0) is 4.74 Å². The van der Waals surface area contributed by atoms with Crippen molar-refractivity contribution >= 4 is 17.2 Å². The van der Waals surface area contributed by atoms with E-state index in [1.54, 1.807) is 13.3 Å². The standard InChI is InChI=1S/C21H23N7O2/c1-29-18-17-16(14-12-23-20-22-8-10-27(20)13-14)4-9-28(17)26-19(25-18)24-15-2-5-21(6-3-15)7-11-30-21/h4,8-10,12-13,15H,2-3,5-7,11H2,1H3,(H,24,26)/t15-,21-. The van der Waals surface area contributed by atoms with Crippen LogP contribution < -0.4 is 10.1 Å². The average molecular weight is 405 g/mol. The van der Waals surface area contributed by atoms with Gasteiger partial charge in [-0.3, -0.25) is 4.40 Å². The van der Waals surface area contributed by atoms with E-state index in [1.807, 2.05) is 39.8 Å². The fourth-order valence-corrected chi connectivity index (χ4v) is 4.64. The zero-order valence-corrected chi connectivity index (χ0v) is 16.8. The van der Waals surface area contributed by atoms with Crippen LogP contribution in [0.4, 0.5) is 5.95 Å². The maximum absolute atomic E-state index is 5.82. The van der Waals surface area contributed by atoms with E-state index in [1.165, 1.54) is 6.42 Å². The first-order chi connectivity index (χ1) is 14.7. The Morgan fingerprint density at radius 2 is 2.07 bits per heavy atom. The third kappa shape index (κ3) is 2.80. The SMILES string of the molecule is COc1nc(N[C@H]2CC[C@@]3(CCO3)CC2)nn2ccc(-c3cnc4nccn4c3)c12. The lowest BCUT2D eigenvalue weighted by molar-refractivity contribution is -0.165. The molecule has 0 amide bonds. The zero-order valence-electron chi connectivity index (χ0n) is 16.8. The van der Waals surface area contributed by atoms with Crippen molar-refractivity contribution in [2.75, 3.05) is 19.0 Å². The van der Waals surface area contributed by atoms with Crippen LogP contribution in [0, 0.1) is 0 Å². The minimum absolute atomic E-state index is 0.153. The summed E-state index contributed by atoms with van der Waals surface area (Å²) >= 11 is 0. The molecule has 0 atom stereocenters. The molecular formula is C21H23N7O2. The van der Waals surface area contributed by atoms with E-state index in [0.717, 1.165) is 48.9 Å². The summed E-state index contributed by atoms with van der Waals surface area (Å²) in [4.78, 5) is 13.3. The molecule has 1 saturated heterocycles. The van der Waals surface area contributed by atoms with Crippen molar-refractivity contribution in [3.05, 3.63) is 37.1 Å². The summed E-state index contributed by atoms with van der Waals surface area (Å²) in [6.45, 7) is 0.911. The van der Waals surface area contributed by atoms with Crippen LogP contribution >= 0.6 is 0 Å². The smallest absolute Gasteiger partial charge is 0.244 e. The molecule has 1 aliphatic heterocycles. The third-order valence-electron chi connectivity index (χ3n) is 6.42. The Labute approximate surface area is 173 Å². The topological polar surface area (TPSA) is 90.9 Å². The number of ether oxygens (including phenoxy) is 2. The summed E-state index contributed by atoms with van der Waals surface area (Å²) in [6.07, 6.45) is 14.9. The molecule has 4 aromatic heterocycles. The van der Waals surface area contributed by atoms with Crippen LogP contribution in [0.2, 0.25) is 0 Å². The van der Waals surface area contributed by atoms with Gasteiger partial charge in [0.25, 0.3) is 0 Å². The molecule has 1 aliphatic carbocycles. The van der Waals surface area contributed by atoms with Crippen molar-refractivity contribution in [2.45, 2.75) is 43.7 Å². The van der Waals surface area contributed by atoms with E-state index in [9.17, 15) is 0 Å². The maximum atomic E-state index is 5.82. The van der Waals surface area contributed by atoms with Crippen LogP contribution in [0.5, 0.6) is 5.88 Å². The predicted molar refractivity (Wildman–Crippen MR) is 111 cm³/mol. The molecule has 1 saturated carbocycles. The molecule has 2 aliphatic rings. The number of anilines is 1. The molecule has 0 bridgehead atoms. The summed E-state index contributed by atoms with van der Waals surface area (Å²) in [5.74, 6) is 1.78. The first-order valence-corrected chi connectivity index (χ1v) is 10.4. The second kappa shape index (κ2) is 6.66. The third-order valence-corrected chi connectivity index (χ3v) is 6.42. The lowest BCUT2D eigenvalue weighted by Crippen LogP contribution is -2.48. The number of hydrogen-bond donors (Lipinski definition) is 1. The number of nitrogens with zero attached hydrogens (tertiary/aromatic N) is 6. The normalized spacial score (nSPS) is 23.7. The van der Waals surface area contributed by atoms with Crippen LogP contribution in [-0.4, -0.2) is 54.3 Å². The first kappa shape index (κ1) is 17.6. The van der Waals surface area contributed by atoms with Gasteiger partial charge in [0.15, 0.2) is 0 Å². The molecule has 5 heterocycles. The molecule has 0 radical (unpaired) electrons. The van der Waals surface area contributed by atoms with Gasteiger partial charge in [0.2, 0.25) is 17.6 Å². The number of rotatable bonds is 4. The molecule has 0 aromatic carbocycles.